The van der Waals surface area contributed by atoms with Crippen molar-refractivity contribution in [2.24, 2.45) is 5.41 Å². The van der Waals surface area contributed by atoms with Gasteiger partial charge >= 0.3 is 0 Å². The van der Waals surface area contributed by atoms with Crippen molar-refractivity contribution in [3.63, 3.8) is 0 Å². The summed E-state index contributed by atoms with van der Waals surface area (Å²) in [6, 6.07) is 15.1. The monoisotopic (exact) mass is 405 g/mol. The Morgan fingerprint density at radius 1 is 1.07 bits per heavy atom. The highest BCUT2D eigenvalue weighted by molar-refractivity contribution is 7.93. The SMILES string of the molecule is COc1ccc(COCC(C)(C)CS(=O)(=O)c2nc3ccccc3s2)cc1. The molecule has 144 valence electrons. The molecule has 0 aliphatic carbocycles. The van der Waals surface area contributed by atoms with E-state index in [2.05, 4.69) is 4.98 Å². The maximum Gasteiger partial charge on any atom is 0.210 e. The van der Waals surface area contributed by atoms with Gasteiger partial charge in [0.1, 0.15) is 5.75 Å². The third-order valence-electron chi connectivity index (χ3n) is 4.04. The molecule has 0 unspecified atom stereocenters. The summed E-state index contributed by atoms with van der Waals surface area (Å²) in [5, 5.41) is 0. The van der Waals surface area contributed by atoms with Crippen LogP contribution in [0.15, 0.2) is 52.9 Å². The van der Waals surface area contributed by atoms with Gasteiger partial charge in [0, 0.05) is 5.41 Å². The van der Waals surface area contributed by atoms with Gasteiger partial charge < -0.3 is 9.47 Å². The van der Waals surface area contributed by atoms with Gasteiger partial charge in [0.15, 0.2) is 0 Å². The minimum atomic E-state index is -3.47. The van der Waals surface area contributed by atoms with Crippen LogP contribution in [-0.4, -0.2) is 32.9 Å². The molecule has 3 rings (SSSR count). The molecule has 1 heterocycles. The molecule has 3 aromatic rings. The number of thiazole rings is 1. The number of nitrogens with zero attached hydrogens (tertiary/aromatic N) is 1. The van der Waals surface area contributed by atoms with Crippen molar-refractivity contribution in [2.45, 2.75) is 24.8 Å². The number of para-hydroxylation sites is 1. The van der Waals surface area contributed by atoms with Gasteiger partial charge in [-0.2, -0.15) is 0 Å². The average Bonchev–Trinajstić information content (AvgIpc) is 3.06. The third-order valence-corrected chi connectivity index (χ3v) is 7.67. The molecule has 2 aromatic carbocycles. The Kier molecular flexibility index (Phi) is 5.83. The van der Waals surface area contributed by atoms with E-state index in [1.165, 1.54) is 11.3 Å². The number of hydrogen-bond acceptors (Lipinski definition) is 6. The Bertz CT molecular complexity index is 975. The lowest BCUT2D eigenvalue weighted by Gasteiger charge is -2.23. The van der Waals surface area contributed by atoms with Crippen LogP contribution in [0.2, 0.25) is 0 Å². The van der Waals surface area contributed by atoms with Crippen molar-refractivity contribution in [3.8, 4) is 5.75 Å². The van der Waals surface area contributed by atoms with E-state index < -0.39 is 15.3 Å². The maximum atomic E-state index is 12.8. The van der Waals surface area contributed by atoms with E-state index in [1.54, 1.807) is 7.11 Å². The highest BCUT2D eigenvalue weighted by Crippen LogP contribution is 2.29. The van der Waals surface area contributed by atoms with E-state index in [1.807, 2.05) is 62.4 Å². The van der Waals surface area contributed by atoms with Crippen molar-refractivity contribution in [1.82, 2.24) is 4.98 Å². The molecule has 0 bridgehead atoms. The molecular formula is C20H23NO4S2. The van der Waals surface area contributed by atoms with Crippen LogP contribution in [0.4, 0.5) is 0 Å². The number of benzene rings is 2. The summed E-state index contributed by atoms with van der Waals surface area (Å²) in [4.78, 5) is 4.29. The summed E-state index contributed by atoms with van der Waals surface area (Å²) in [7, 11) is -1.85. The average molecular weight is 406 g/mol. The quantitative estimate of drug-likeness (QED) is 0.558. The van der Waals surface area contributed by atoms with E-state index in [9.17, 15) is 8.42 Å². The summed E-state index contributed by atoms with van der Waals surface area (Å²) in [6.07, 6.45) is 0. The minimum Gasteiger partial charge on any atom is -0.497 e. The normalized spacial score (nSPS) is 12.4. The minimum absolute atomic E-state index is 0.0115. The third kappa shape index (κ3) is 5.06. The van der Waals surface area contributed by atoms with Crippen molar-refractivity contribution >= 4 is 31.4 Å². The van der Waals surface area contributed by atoms with Gasteiger partial charge in [0.05, 0.1) is 36.3 Å². The summed E-state index contributed by atoms with van der Waals surface area (Å²) in [5.41, 5.74) is 1.21. The number of sulfone groups is 1. The summed E-state index contributed by atoms with van der Waals surface area (Å²) >= 11 is 1.22. The molecule has 0 aliphatic heterocycles. The smallest absolute Gasteiger partial charge is 0.210 e. The van der Waals surface area contributed by atoms with Crippen LogP contribution in [0, 0.1) is 5.41 Å². The summed E-state index contributed by atoms with van der Waals surface area (Å²) in [5.74, 6) is 0.781. The molecule has 7 heteroatoms. The second-order valence-corrected chi connectivity index (χ2v) is 10.4. The lowest BCUT2D eigenvalue weighted by Crippen LogP contribution is -2.29. The zero-order valence-corrected chi connectivity index (χ0v) is 17.3. The first-order valence-corrected chi connectivity index (χ1v) is 11.0. The van der Waals surface area contributed by atoms with Crippen molar-refractivity contribution < 1.29 is 17.9 Å². The molecular weight excluding hydrogens is 382 g/mol. The standard InChI is InChI=1S/C20H23NO4S2/c1-20(2,13-25-12-15-8-10-16(24-3)11-9-15)14-27(22,23)19-21-17-6-4-5-7-18(17)26-19/h4-11H,12-14H2,1-3H3. The molecule has 0 saturated carbocycles. The zero-order chi connectivity index (χ0) is 19.5. The lowest BCUT2D eigenvalue weighted by atomic mass is 9.98. The second kappa shape index (κ2) is 7.96. The number of aromatic nitrogens is 1. The number of methoxy groups -OCH3 is 1. The topological polar surface area (TPSA) is 65.5 Å². The fourth-order valence-corrected chi connectivity index (χ4v) is 5.89. The Hall–Kier alpha value is -1.96. The Morgan fingerprint density at radius 3 is 2.44 bits per heavy atom. The first kappa shape index (κ1) is 19.8. The van der Waals surface area contributed by atoms with Gasteiger partial charge in [-0.15, -0.1) is 11.3 Å². The number of rotatable bonds is 8. The molecule has 0 fully saturated rings. The van der Waals surface area contributed by atoms with Crippen LogP contribution >= 0.6 is 11.3 Å². The molecule has 0 N–H and O–H groups in total. The Morgan fingerprint density at radius 2 is 1.78 bits per heavy atom. The van der Waals surface area contributed by atoms with Gasteiger partial charge in [-0.3, -0.25) is 0 Å². The summed E-state index contributed by atoms with van der Waals surface area (Å²) in [6.45, 7) is 4.55. The predicted molar refractivity (Wildman–Crippen MR) is 108 cm³/mol. The molecule has 0 amide bonds. The second-order valence-electron chi connectivity index (χ2n) is 7.21. The molecule has 0 saturated heterocycles. The van der Waals surface area contributed by atoms with Crippen LogP contribution in [0.3, 0.4) is 0 Å². The van der Waals surface area contributed by atoms with E-state index in [4.69, 9.17) is 9.47 Å². The van der Waals surface area contributed by atoms with Crippen LogP contribution < -0.4 is 4.74 Å². The lowest BCUT2D eigenvalue weighted by molar-refractivity contribution is 0.0612. The van der Waals surface area contributed by atoms with Gasteiger partial charge in [0.25, 0.3) is 0 Å². The molecule has 0 spiro atoms. The number of hydrogen-bond donors (Lipinski definition) is 0. The van der Waals surface area contributed by atoms with Gasteiger partial charge in [-0.05, 0) is 29.8 Å². The number of fused-ring (bicyclic) bond motifs is 1. The van der Waals surface area contributed by atoms with E-state index in [0.717, 1.165) is 21.5 Å². The highest BCUT2D eigenvalue weighted by atomic mass is 32.2. The largest absolute Gasteiger partial charge is 0.497 e. The van der Waals surface area contributed by atoms with Gasteiger partial charge in [0.2, 0.25) is 14.2 Å². The fourth-order valence-electron chi connectivity index (χ4n) is 2.77. The first-order valence-electron chi connectivity index (χ1n) is 8.58. The molecule has 0 aliphatic rings. The first-order chi connectivity index (χ1) is 12.8. The number of ether oxygens (including phenoxy) is 2. The predicted octanol–water partition coefficient (Wildman–Crippen LogP) is 4.32. The summed E-state index contributed by atoms with van der Waals surface area (Å²) < 4.78 is 37.6. The highest BCUT2D eigenvalue weighted by Gasteiger charge is 2.30. The van der Waals surface area contributed by atoms with Crippen LogP contribution in [0.25, 0.3) is 10.2 Å². The molecule has 0 radical (unpaired) electrons. The van der Waals surface area contributed by atoms with Crippen LogP contribution in [0.1, 0.15) is 19.4 Å². The molecule has 5 nitrogen and oxygen atoms in total. The van der Waals surface area contributed by atoms with Crippen molar-refractivity contribution in [3.05, 3.63) is 54.1 Å². The zero-order valence-electron chi connectivity index (χ0n) is 15.6. The molecule has 1 aromatic heterocycles. The Labute approximate surface area is 163 Å². The van der Waals surface area contributed by atoms with E-state index >= 15 is 0 Å². The van der Waals surface area contributed by atoms with Crippen LogP contribution in [0.5, 0.6) is 5.75 Å². The van der Waals surface area contributed by atoms with Crippen LogP contribution in [-0.2, 0) is 21.2 Å². The van der Waals surface area contributed by atoms with E-state index in [-0.39, 0.29) is 10.1 Å². The van der Waals surface area contributed by atoms with Gasteiger partial charge in [-0.25, -0.2) is 13.4 Å². The van der Waals surface area contributed by atoms with Crippen molar-refractivity contribution in [1.29, 1.82) is 0 Å². The fraction of sp³-hybridized carbons (Fsp3) is 0.350. The maximum absolute atomic E-state index is 12.8. The Balaban J connectivity index is 1.61. The molecule has 0 atom stereocenters. The van der Waals surface area contributed by atoms with Gasteiger partial charge in [-0.1, -0.05) is 38.1 Å². The molecule has 27 heavy (non-hydrogen) atoms. The van der Waals surface area contributed by atoms with E-state index in [0.29, 0.717) is 13.2 Å². The van der Waals surface area contributed by atoms with Crippen molar-refractivity contribution in [2.75, 3.05) is 19.5 Å².